The van der Waals surface area contributed by atoms with Crippen molar-refractivity contribution in [3.63, 3.8) is 0 Å². The first-order valence-corrected chi connectivity index (χ1v) is 5.63. The molecule has 4 heteroatoms. The van der Waals surface area contributed by atoms with Crippen LogP contribution >= 0.6 is 11.6 Å². The minimum absolute atomic E-state index is 0.0220. The van der Waals surface area contributed by atoms with Crippen molar-refractivity contribution in [2.24, 2.45) is 11.7 Å². The molecule has 2 N–H and O–H groups in total. The average molecular weight is 244 g/mol. The Morgan fingerprint density at radius 2 is 2.25 bits per heavy atom. The maximum absolute atomic E-state index is 13.4. The molecule has 1 aromatic carbocycles. The molecule has 0 aromatic heterocycles. The average Bonchev–Trinajstić information content (AvgIpc) is 2.24. The van der Waals surface area contributed by atoms with E-state index in [2.05, 4.69) is 0 Å². The highest BCUT2D eigenvalue weighted by atomic mass is 35.5. The van der Waals surface area contributed by atoms with E-state index in [4.69, 9.17) is 17.3 Å². The van der Waals surface area contributed by atoms with Gasteiger partial charge >= 0.3 is 0 Å². The predicted octanol–water partition coefficient (Wildman–Crippen LogP) is 2.58. The number of halogens is 2. The highest BCUT2D eigenvalue weighted by molar-refractivity contribution is 6.30. The summed E-state index contributed by atoms with van der Waals surface area (Å²) in [6.07, 6.45) is 0.767. The van der Waals surface area contributed by atoms with E-state index < -0.39 is 5.82 Å². The third-order valence-corrected chi connectivity index (χ3v) is 2.85. The first-order valence-electron chi connectivity index (χ1n) is 5.25. The summed E-state index contributed by atoms with van der Waals surface area (Å²) in [4.78, 5) is 11.7. The lowest BCUT2D eigenvalue weighted by Gasteiger charge is -2.11. The smallest absolute Gasteiger partial charge is 0.141 e. The van der Waals surface area contributed by atoms with E-state index in [1.807, 2.05) is 6.92 Å². The molecule has 1 rings (SSSR count). The lowest BCUT2D eigenvalue weighted by atomic mass is 9.95. The second-order valence-corrected chi connectivity index (χ2v) is 4.16. The number of carbonyl (C=O) groups is 1. The van der Waals surface area contributed by atoms with Crippen LogP contribution in [0.2, 0.25) is 5.02 Å². The SMILES string of the molecule is CCC(CN)C(=O)Cc1ccc(Cl)cc1F. The molecule has 16 heavy (non-hydrogen) atoms. The lowest BCUT2D eigenvalue weighted by molar-refractivity contribution is -0.122. The Bertz CT molecular complexity index is 377. The van der Waals surface area contributed by atoms with Crippen molar-refractivity contribution in [1.82, 2.24) is 0 Å². The Morgan fingerprint density at radius 1 is 1.56 bits per heavy atom. The predicted molar refractivity (Wildman–Crippen MR) is 63.0 cm³/mol. The van der Waals surface area contributed by atoms with E-state index in [-0.39, 0.29) is 18.1 Å². The standard InChI is InChI=1S/C12H15ClFNO/c1-2-8(7-15)12(16)5-9-3-4-10(13)6-11(9)14/h3-4,6,8H,2,5,7,15H2,1H3. The van der Waals surface area contributed by atoms with Gasteiger partial charge in [0.15, 0.2) is 0 Å². The van der Waals surface area contributed by atoms with Crippen LogP contribution in [-0.2, 0) is 11.2 Å². The van der Waals surface area contributed by atoms with E-state index in [0.717, 1.165) is 0 Å². The van der Waals surface area contributed by atoms with Gasteiger partial charge in [-0.2, -0.15) is 0 Å². The van der Waals surface area contributed by atoms with Crippen LogP contribution in [0.4, 0.5) is 4.39 Å². The first-order chi connectivity index (χ1) is 7.58. The quantitative estimate of drug-likeness (QED) is 0.864. The zero-order valence-electron chi connectivity index (χ0n) is 9.17. The van der Waals surface area contributed by atoms with Gasteiger partial charge in [0.1, 0.15) is 11.6 Å². The summed E-state index contributed by atoms with van der Waals surface area (Å²) in [6.45, 7) is 2.21. The zero-order valence-corrected chi connectivity index (χ0v) is 9.93. The molecule has 0 aliphatic rings. The molecule has 88 valence electrons. The highest BCUT2D eigenvalue weighted by Gasteiger charge is 2.16. The van der Waals surface area contributed by atoms with E-state index >= 15 is 0 Å². The molecule has 0 bridgehead atoms. The maximum atomic E-state index is 13.4. The minimum atomic E-state index is -0.437. The van der Waals surface area contributed by atoms with Gasteiger partial charge in [0, 0.05) is 23.9 Å². The number of hydrogen-bond donors (Lipinski definition) is 1. The second kappa shape index (κ2) is 5.97. The van der Waals surface area contributed by atoms with Crippen LogP contribution in [-0.4, -0.2) is 12.3 Å². The van der Waals surface area contributed by atoms with Crippen LogP contribution in [0.1, 0.15) is 18.9 Å². The molecule has 0 spiro atoms. The molecule has 0 radical (unpaired) electrons. The number of hydrogen-bond acceptors (Lipinski definition) is 2. The molecule has 0 aliphatic heterocycles. The summed E-state index contributed by atoms with van der Waals surface area (Å²) in [5.41, 5.74) is 5.84. The zero-order chi connectivity index (χ0) is 12.1. The Kier molecular flexibility index (Phi) is 4.90. The van der Waals surface area contributed by atoms with Gasteiger partial charge in [-0.1, -0.05) is 24.6 Å². The highest BCUT2D eigenvalue weighted by Crippen LogP contribution is 2.17. The molecule has 2 nitrogen and oxygen atoms in total. The Hall–Kier alpha value is -0.930. The summed E-state index contributed by atoms with van der Waals surface area (Å²) in [7, 11) is 0. The van der Waals surface area contributed by atoms with Crippen molar-refractivity contribution in [1.29, 1.82) is 0 Å². The van der Waals surface area contributed by atoms with Crippen molar-refractivity contribution >= 4 is 17.4 Å². The third kappa shape index (κ3) is 3.29. The van der Waals surface area contributed by atoms with Crippen molar-refractivity contribution in [3.05, 3.63) is 34.6 Å². The van der Waals surface area contributed by atoms with Crippen LogP contribution in [0.5, 0.6) is 0 Å². The third-order valence-electron chi connectivity index (χ3n) is 2.61. The largest absolute Gasteiger partial charge is 0.330 e. The van der Waals surface area contributed by atoms with Crippen molar-refractivity contribution in [2.45, 2.75) is 19.8 Å². The number of ketones is 1. The molecular weight excluding hydrogens is 229 g/mol. The fourth-order valence-electron chi connectivity index (χ4n) is 1.52. The van der Waals surface area contributed by atoms with Gasteiger partial charge in [-0.25, -0.2) is 4.39 Å². The summed E-state index contributed by atoms with van der Waals surface area (Å²) < 4.78 is 13.4. The fraction of sp³-hybridized carbons (Fsp3) is 0.417. The number of carbonyl (C=O) groups excluding carboxylic acids is 1. The lowest BCUT2D eigenvalue weighted by Crippen LogP contribution is -2.24. The van der Waals surface area contributed by atoms with Gasteiger partial charge < -0.3 is 5.73 Å². The molecule has 1 aromatic rings. The molecule has 1 atom stereocenters. The minimum Gasteiger partial charge on any atom is -0.330 e. The van der Waals surface area contributed by atoms with E-state index in [0.29, 0.717) is 23.6 Å². The molecule has 0 fully saturated rings. The van der Waals surface area contributed by atoms with Crippen LogP contribution < -0.4 is 5.73 Å². The first kappa shape index (κ1) is 13.1. The fourth-order valence-corrected chi connectivity index (χ4v) is 1.68. The van der Waals surface area contributed by atoms with Gasteiger partial charge in [0.25, 0.3) is 0 Å². The molecule has 0 saturated carbocycles. The monoisotopic (exact) mass is 243 g/mol. The Morgan fingerprint density at radius 3 is 2.75 bits per heavy atom. The number of benzene rings is 1. The molecule has 0 saturated heterocycles. The van der Waals surface area contributed by atoms with Crippen LogP contribution in [0, 0.1) is 11.7 Å². The van der Waals surface area contributed by atoms with Crippen LogP contribution in [0.25, 0.3) is 0 Å². The van der Waals surface area contributed by atoms with Gasteiger partial charge in [-0.05, 0) is 24.1 Å². The normalized spacial score (nSPS) is 12.5. The van der Waals surface area contributed by atoms with Crippen LogP contribution in [0.3, 0.4) is 0 Å². The number of rotatable bonds is 5. The van der Waals surface area contributed by atoms with Crippen molar-refractivity contribution in [2.75, 3.05) is 6.54 Å². The maximum Gasteiger partial charge on any atom is 0.141 e. The van der Waals surface area contributed by atoms with E-state index in [1.54, 1.807) is 12.1 Å². The van der Waals surface area contributed by atoms with Gasteiger partial charge in [0.05, 0.1) is 0 Å². The van der Waals surface area contributed by atoms with E-state index in [9.17, 15) is 9.18 Å². The van der Waals surface area contributed by atoms with Crippen molar-refractivity contribution in [3.8, 4) is 0 Å². The molecule has 1 unspecified atom stereocenters. The summed E-state index contributed by atoms with van der Waals surface area (Å²) in [5, 5.41) is 0.333. The summed E-state index contributed by atoms with van der Waals surface area (Å²) in [6, 6.07) is 4.34. The van der Waals surface area contributed by atoms with Gasteiger partial charge in [-0.15, -0.1) is 0 Å². The van der Waals surface area contributed by atoms with Crippen LogP contribution in [0.15, 0.2) is 18.2 Å². The number of nitrogens with two attached hydrogens (primary N) is 1. The number of Topliss-reactive ketones (excluding diaryl/α,β-unsaturated/α-hetero) is 1. The molecular formula is C12H15ClFNO. The molecule has 0 heterocycles. The van der Waals surface area contributed by atoms with Gasteiger partial charge in [-0.3, -0.25) is 4.79 Å². The second-order valence-electron chi connectivity index (χ2n) is 3.72. The molecule has 0 amide bonds. The summed E-state index contributed by atoms with van der Waals surface area (Å²) in [5.74, 6) is -0.644. The summed E-state index contributed by atoms with van der Waals surface area (Å²) >= 11 is 5.63. The molecule has 0 aliphatic carbocycles. The Labute approximate surface area is 99.6 Å². The Balaban J connectivity index is 2.76. The van der Waals surface area contributed by atoms with Crippen molar-refractivity contribution < 1.29 is 9.18 Å². The van der Waals surface area contributed by atoms with E-state index in [1.165, 1.54) is 6.07 Å². The topological polar surface area (TPSA) is 43.1 Å². The van der Waals surface area contributed by atoms with Gasteiger partial charge in [0.2, 0.25) is 0 Å².